The third-order valence-electron chi connectivity index (χ3n) is 4.02. The van der Waals surface area contributed by atoms with Crippen LogP contribution in [0.25, 0.3) is 0 Å². The first-order valence-corrected chi connectivity index (χ1v) is 10.9. The Morgan fingerprint density at radius 3 is 2.69 bits per heavy atom. The molecule has 1 aromatic carbocycles. The fourth-order valence-electron chi connectivity index (χ4n) is 2.45. The molecule has 29 heavy (non-hydrogen) atoms. The molecule has 0 unspecified atom stereocenters. The number of amides is 1. The highest BCUT2D eigenvalue weighted by atomic mass is 32.2. The standard InChI is InChI=1S/C21H23N3O3S2/c1-14-4-6-16(7-5-14)9-23-20(25)11-27-18-8-17(22-10-19(18)26-3)13-29-21-24-15(2)12-28-21/h4-8,10,12H,9,11,13H2,1-3H3,(H,23,25). The van der Waals surface area contributed by atoms with Crippen LogP contribution in [0.3, 0.4) is 0 Å². The van der Waals surface area contributed by atoms with Crippen LogP contribution in [0.15, 0.2) is 46.2 Å². The SMILES string of the molecule is COc1cnc(CSc2nc(C)cs2)cc1OCC(=O)NCc1ccc(C)cc1. The van der Waals surface area contributed by atoms with Crippen LogP contribution < -0.4 is 14.8 Å². The van der Waals surface area contributed by atoms with E-state index >= 15 is 0 Å². The highest BCUT2D eigenvalue weighted by Crippen LogP contribution is 2.30. The van der Waals surface area contributed by atoms with Gasteiger partial charge in [0.05, 0.1) is 19.0 Å². The number of benzene rings is 1. The van der Waals surface area contributed by atoms with Gasteiger partial charge in [0.2, 0.25) is 0 Å². The van der Waals surface area contributed by atoms with E-state index in [-0.39, 0.29) is 12.5 Å². The number of aryl methyl sites for hydroxylation is 2. The van der Waals surface area contributed by atoms with E-state index in [1.807, 2.05) is 43.5 Å². The predicted octanol–water partition coefficient (Wildman–Crippen LogP) is 4.15. The molecule has 0 radical (unpaired) electrons. The van der Waals surface area contributed by atoms with Crippen LogP contribution in [0.5, 0.6) is 11.5 Å². The lowest BCUT2D eigenvalue weighted by Gasteiger charge is -2.12. The van der Waals surface area contributed by atoms with Crippen LogP contribution >= 0.6 is 23.1 Å². The number of methoxy groups -OCH3 is 1. The summed E-state index contributed by atoms with van der Waals surface area (Å²) in [5, 5.41) is 4.88. The Balaban J connectivity index is 1.54. The lowest BCUT2D eigenvalue weighted by Crippen LogP contribution is -2.28. The van der Waals surface area contributed by atoms with Crippen LogP contribution in [0.2, 0.25) is 0 Å². The summed E-state index contributed by atoms with van der Waals surface area (Å²) in [7, 11) is 1.55. The predicted molar refractivity (Wildman–Crippen MR) is 116 cm³/mol. The molecule has 3 aromatic rings. The number of carbonyl (C=O) groups is 1. The van der Waals surface area contributed by atoms with E-state index in [0.717, 1.165) is 21.3 Å². The van der Waals surface area contributed by atoms with Crippen molar-refractivity contribution in [1.82, 2.24) is 15.3 Å². The number of thiazole rings is 1. The topological polar surface area (TPSA) is 73.3 Å². The van der Waals surface area contributed by atoms with Crippen molar-refractivity contribution in [3.8, 4) is 11.5 Å². The van der Waals surface area contributed by atoms with Gasteiger partial charge in [-0.1, -0.05) is 41.6 Å². The highest BCUT2D eigenvalue weighted by Gasteiger charge is 2.11. The summed E-state index contributed by atoms with van der Waals surface area (Å²) < 4.78 is 12.0. The molecule has 0 aliphatic carbocycles. The van der Waals surface area contributed by atoms with Crippen molar-refractivity contribution in [2.24, 2.45) is 0 Å². The number of pyridine rings is 1. The summed E-state index contributed by atoms with van der Waals surface area (Å²) in [6, 6.07) is 9.84. The van der Waals surface area contributed by atoms with E-state index in [9.17, 15) is 4.79 Å². The minimum Gasteiger partial charge on any atom is -0.491 e. The lowest BCUT2D eigenvalue weighted by atomic mass is 10.1. The van der Waals surface area contributed by atoms with Crippen molar-refractivity contribution in [3.05, 3.63) is 64.4 Å². The Hall–Kier alpha value is -2.58. The number of hydrogen-bond donors (Lipinski definition) is 1. The van der Waals surface area contributed by atoms with Gasteiger partial charge in [0, 0.05) is 29.4 Å². The number of rotatable bonds is 9. The van der Waals surface area contributed by atoms with Gasteiger partial charge < -0.3 is 14.8 Å². The lowest BCUT2D eigenvalue weighted by molar-refractivity contribution is -0.123. The minimum atomic E-state index is -0.196. The van der Waals surface area contributed by atoms with Gasteiger partial charge in [-0.15, -0.1) is 11.3 Å². The zero-order valence-electron chi connectivity index (χ0n) is 16.6. The third-order valence-corrected chi connectivity index (χ3v) is 6.19. The molecule has 152 valence electrons. The minimum absolute atomic E-state index is 0.0928. The Morgan fingerprint density at radius 1 is 1.21 bits per heavy atom. The molecule has 0 atom stereocenters. The van der Waals surface area contributed by atoms with Gasteiger partial charge in [-0.05, 0) is 19.4 Å². The van der Waals surface area contributed by atoms with Crippen molar-refractivity contribution in [2.45, 2.75) is 30.5 Å². The van der Waals surface area contributed by atoms with E-state index in [4.69, 9.17) is 9.47 Å². The molecule has 0 saturated heterocycles. The number of aromatic nitrogens is 2. The maximum atomic E-state index is 12.2. The number of ether oxygens (including phenoxy) is 2. The Bertz CT molecular complexity index is 958. The third kappa shape index (κ3) is 6.47. The van der Waals surface area contributed by atoms with E-state index in [1.165, 1.54) is 5.56 Å². The summed E-state index contributed by atoms with van der Waals surface area (Å²) in [6.07, 6.45) is 1.61. The van der Waals surface area contributed by atoms with E-state index in [0.29, 0.717) is 23.8 Å². The molecule has 0 fully saturated rings. The quantitative estimate of drug-likeness (QED) is 0.515. The summed E-state index contributed by atoms with van der Waals surface area (Å²) in [6.45, 7) is 4.38. The first-order valence-electron chi connectivity index (χ1n) is 9.06. The van der Waals surface area contributed by atoms with Gasteiger partial charge in [0.1, 0.15) is 4.34 Å². The van der Waals surface area contributed by atoms with E-state index in [1.54, 1.807) is 42.5 Å². The maximum absolute atomic E-state index is 12.2. The van der Waals surface area contributed by atoms with Gasteiger partial charge in [-0.25, -0.2) is 4.98 Å². The number of carbonyl (C=O) groups excluding carboxylic acids is 1. The number of thioether (sulfide) groups is 1. The Morgan fingerprint density at radius 2 is 2.00 bits per heavy atom. The van der Waals surface area contributed by atoms with Crippen molar-refractivity contribution in [2.75, 3.05) is 13.7 Å². The number of hydrogen-bond acceptors (Lipinski definition) is 7. The van der Waals surface area contributed by atoms with E-state index < -0.39 is 0 Å². The fourth-order valence-corrected chi connectivity index (χ4v) is 4.20. The normalized spacial score (nSPS) is 10.6. The zero-order valence-corrected chi connectivity index (χ0v) is 18.2. The molecule has 1 N–H and O–H groups in total. The molecule has 3 rings (SSSR count). The van der Waals surface area contributed by atoms with Gasteiger partial charge in [-0.3, -0.25) is 9.78 Å². The molecule has 6 nitrogen and oxygen atoms in total. The second-order valence-electron chi connectivity index (χ2n) is 6.42. The Kier molecular flexibility index (Phi) is 7.48. The highest BCUT2D eigenvalue weighted by molar-refractivity contribution is 8.00. The van der Waals surface area contributed by atoms with Gasteiger partial charge >= 0.3 is 0 Å². The summed E-state index contributed by atoms with van der Waals surface area (Å²) >= 11 is 3.23. The molecule has 1 amide bonds. The largest absolute Gasteiger partial charge is 0.491 e. The van der Waals surface area contributed by atoms with Crippen LogP contribution in [0.1, 0.15) is 22.5 Å². The van der Waals surface area contributed by atoms with E-state index in [2.05, 4.69) is 15.3 Å². The molecule has 8 heteroatoms. The summed E-state index contributed by atoms with van der Waals surface area (Å²) in [5.41, 5.74) is 4.08. The Labute approximate surface area is 178 Å². The average Bonchev–Trinajstić information content (AvgIpc) is 3.15. The van der Waals surface area contributed by atoms with Crippen LogP contribution in [-0.4, -0.2) is 29.6 Å². The molecule has 0 bridgehead atoms. The monoisotopic (exact) mass is 429 g/mol. The molecule has 2 aromatic heterocycles. The summed E-state index contributed by atoms with van der Waals surface area (Å²) in [4.78, 5) is 21.0. The fraction of sp³-hybridized carbons (Fsp3) is 0.286. The molecule has 2 heterocycles. The van der Waals surface area contributed by atoms with Crippen molar-refractivity contribution in [1.29, 1.82) is 0 Å². The van der Waals surface area contributed by atoms with Crippen LogP contribution in [-0.2, 0) is 17.1 Å². The number of nitrogens with zero attached hydrogens (tertiary/aromatic N) is 2. The van der Waals surface area contributed by atoms with Crippen molar-refractivity contribution >= 4 is 29.0 Å². The molecule has 0 aliphatic rings. The molecule has 0 saturated carbocycles. The smallest absolute Gasteiger partial charge is 0.258 e. The van der Waals surface area contributed by atoms with Gasteiger partial charge in [0.15, 0.2) is 18.1 Å². The summed E-state index contributed by atoms with van der Waals surface area (Å²) in [5.74, 6) is 1.46. The second-order valence-corrected chi connectivity index (χ2v) is 8.50. The zero-order chi connectivity index (χ0) is 20.6. The second kappa shape index (κ2) is 10.3. The molecule has 0 spiro atoms. The van der Waals surface area contributed by atoms with Crippen molar-refractivity contribution < 1.29 is 14.3 Å². The van der Waals surface area contributed by atoms with Gasteiger partial charge in [-0.2, -0.15) is 0 Å². The maximum Gasteiger partial charge on any atom is 0.258 e. The van der Waals surface area contributed by atoms with Crippen LogP contribution in [0.4, 0.5) is 0 Å². The molecule has 0 aliphatic heterocycles. The first kappa shape index (κ1) is 21.1. The molecular formula is C21H23N3O3S2. The average molecular weight is 430 g/mol. The van der Waals surface area contributed by atoms with Crippen molar-refractivity contribution in [3.63, 3.8) is 0 Å². The number of nitrogens with one attached hydrogen (secondary N) is 1. The van der Waals surface area contributed by atoms with Crippen LogP contribution in [0, 0.1) is 13.8 Å². The molecular weight excluding hydrogens is 406 g/mol. The first-order chi connectivity index (χ1) is 14.0. The van der Waals surface area contributed by atoms with Gasteiger partial charge in [0.25, 0.3) is 5.91 Å².